The molecule has 0 saturated heterocycles. The van der Waals surface area contributed by atoms with E-state index >= 15 is 0 Å². The summed E-state index contributed by atoms with van der Waals surface area (Å²) in [4.78, 5) is 23.3. The molecule has 0 heterocycles. The lowest BCUT2D eigenvalue weighted by Gasteiger charge is -2.19. The predicted molar refractivity (Wildman–Crippen MR) is 89.2 cm³/mol. The summed E-state index contributed by atoms with van der Waals surface area (Å²) < 4.78 is 0. The summed E-state index contributed by atoms with van der Waals surface area (Å²) in [5.74, 6) is -0.972. The van der Waals surface area contributed by atoms with Crippen molar-refractivity contribution in [1.29, 1.82) is 0 Å². The second kappa shape index (κ2) is 7.09. The highest BCUT2D eigenvalue weighted by atomic mass is 16.4. The lowest BCUT2D eigenvalue weighted by molar-refractivity contribution is -0.146. The zero-order valence-corrected chi connectivity index (χ0v) is 13.4. The molecule has 2 aromatic carbocycles. The molecule has 0 aliphatic heterocycles. The molecule has 0 saturated carbocycles. The summed E-state index contributed by atoms with van der Waals surface area (Å²) >= 11 is 0. The van der Waals surface area contributed by atoms with Crippen LogP contribution in [0.1, 0.15) is 35.3 Å². The van der Waals surface area contributed by atoms with Crippen LogP contribution in [0.4, 0.5) is 0 Å². The quantitative estimate of drug-likeness (QED) is 0.860. The van der Waals surface area contributed by atoms with Crippen molar-refractivity contribution in [3.05, 3.63) is 71.3 Å². The second-order valence-corrected chi connectivity index (χ2v) is 6.23. The van der Waals surface area contributed by atoms with E-state index in [4.69, 9.17) is 5.11 Å². The molecule has 0 fully saturated rings. The van der Waals surface area contributed by atoms with Crippen LogP contribution in [0.5, 0.6) is 0 Å². The van der Waals surface area contributed by atoms with Gasteiger partial charge in [-0.05, 0) is 43.5 Å². The van der Waals surface area contributed by atoms with Crippen LogP contribution in [0.15, 0.2) is 54.6 Å². The van der Waals surface area contributed by atoms with Gasteiger partial charge in [0.05, 0.1) is 5.41 Å². The molecule has 4 heteroatoms. The van der Waals surface area contributed by atoms with Crippen molar-refractivity contribution >= 4 is 11.9 Å². The highest BCUT2D eigenvalue weighted by Crippen LogP contribution is 2.22. The Morgan fingerprint density at radius 2 is 1.57 bits per heavy atom. The van der Waals surface area contributed by atoms with Crippen molar-refractivity contribution in [1.82, 2.24) is 5.32 Å². The van der Waals surface area contributed by atoms with Gasteiger partial charge in [-0.15, -0.1) is 0 Å². The van der Waals surface area contributed by atoms with Crippen LogP contribution in [0.3, 0.4) is 0 Å². The van der Waals surface area contributed by atoms with Crippen LogP contribution < -0.4 is 5.32 Å². The number of nitrogens with one attached hydrogen (secondary N) is 1. The molecule has 0 aliphatic carbocycles. The lowest BCUT2D eigenvalue weighted by Crippen LogP contribution is -2.26. The molecule has 0 aromatic heterocycles. The van der Waals surface area contributed by atoms with E-state index in [2.05, 4.69) is 5.32 Å². The van der Waals surface area contributed by atoms with Gasteiger partial charge in [0, 0.05) is 12.1 Å². The molecule has 1 amide bonds. The van der Waals surface area contributed by atoms with Crippen molar-refractivity contribution in [3.63, 3.8) is 0 Å². The van der Waals surface area contributed by atoms with Gasteiger partial charge in [-0.25, -0.2) is 0 Å². The van der Waals surface area contributed by atoms with Gasteiger partial charge in [0.25, 0.3) is 5.91 Å². The average Bonchev–Trinajstić information content (AvgIpc) is 2.54. The van der Waals surface area contributed by atoms with E-state index in [1.165, 1.54) is 0 Å². The van der Waals surface area contributed by atoms with Crippen LogP contribution in [-0.4, -0.2) is 17.0 Å². The second-order valence-electron chi connectivity index (χ2n) is 6.23. The smallest absolute Gasteiger partial charge is 0.309 e. The van der Waals surface area contributed by atoms with Gasteiger partial charge < -0.3 is 10.4 Å². The van der Waals surface area contributed by atoms with Gasteiger partial charge in [0.2, 0.25) is 0 Å². The Bertz CT molecular complexity index is 676. The van der Waals surface area contributed by atoms with Gasteiger partial charge >= 0.3 is 5.97 Å². The SMILES string of the molecule is CC(C)(Cc1ccc(C(=O)NCc2ccccc2)cc1)C(=O)O. The third-order valence-corrected chi connectivity index (χ3v) is 3.74. The fourth-order valence-electron chi connectivity index (χ4n) is 2.24. The summed E-state index contributed by atoms with van der Waals surface area (Å²) in [5, 5.41) is 12.0. The number of carbonyl (C=O) groups is 2. The summed E-state index contributed by atoms with van der Waals surface area (Å²) in [7, 11) is 0. The van der Waals surface area contributed by atoms with E-state index in [9.17, 15) is 9.59 Å². The van der Waals surface area contributed by atoms with Crippen LogP contribution in [-0.2, 0) is 17.8 Å². The number of carboxylic acids is 1. The zero-order chi connectivity index (χ0) is 16.9. The maximum absolute atomic E-state index is 12.1. The van der Waals surface area contributed by atoms with Gasteiger partial charge in [-0.1, -0.05) is 42.5 Å². The summed E-state index contributed by atoms with van der Waals surface area (Å²) in [6.45, 7) is 3.86. The highest BCUT2D eigenvalue weighted by molar-refractivity contribution is 5.94. The van der Waals surface area contributed by atoms with Gasteiger partial charge in [-0.2, -0.15) is 0 Å². The number of rotatable bonds is 6. The Balaban J connectivity index is 1.96. The monoisotopic (exact) mass is 311 g/mol. The molecule has 2 N–H and O–H groups in total. The Labute approximate surface area is 136 Å². The fraction of sp³-hybridized carbons (Fsp3) is 0.263. The molecule has 0 atom stereocenters. The van der Waals surface area contributed by atoms with E-state index in [-0.39, 0.29) is 5.91 Å². The summed E-state index contributed by atoms with van der Waals surface area (Å²) in [6, 6.07) is 16.8. The minimum atomic E-state index is -0.831. The van der Waals surface area contributed by atoms with E-state index in [1.54, 1.807) is 26.0 Å². The first-order valence-electron chi connectivity index (χ1n) is 7.53. The van der Waals surface area contributed by atoms with Gasteiger partial charge in [0.1, 0.15) is 0 Å². The number of aliphatic carboxylic acids is 1. The summed E-state index contributed by atoms with van der Waals surface area (Å²) in [6.07, 6.45) is 0.425. The third-order valence-electron chi connectivity index (χ3n) is 3.74. The number of hydrogen-bond acceptors (Lipinski definition) is 2. The average molecular weight is 311 g/mol. The molecule has 2 rings (SSSR count). The minimum absolute atomic E-state index is 0.141. The van der Waals surface area contributed by atoms with E-state index in [0.29, 0.717) is 18.5 Å². The lowest BCUT2D eigenvalue weighted by atomic mass is 9.86. The minimum Gasteiger partial charge on any atom is -0.481 e. The van der Waals surface area contributed by atoms with E-state index in [1.807, 2.05) is 42.5 Å². The molecule has 0 spiro atoms. The molecule has 2 aromatic rings. The van der Waals surface area contributed by atoms with Gasteiger partial charge in [-0.3, -0.25) is 9.59 Å². The van der Waals surface area contributed by atoms with Crippen molar-refractivity contribution in [3.8, 4) is 0 Å². The first kappa shape index (κ1) is 16.7. The topological polar surface area (TPSA) is 66.4 Å². The molecule has 4 nitrogen and oxygen atoms in total. The van der Waals surface area contributed by atoms with Crippen LogP contribution in [0.25, 0.3) is 0 Å². The van der Waals surface area contributed by atoms with Crippen molar-refractivity contribution in [2.24, 2.45) is 5.41 Å². The number of carboxylic acid groups (broad SMARTS) is 1. The molecule has 0 bridgehead atoms. The van der Waals surface area contributed by atoms with E-state index < -0.39 is 11.4 Å². The van der Waals surface area contributed by atoms with Crippen LogP contribution in [0, 0.1) is 5.41 Å². The molecule has 0 radical (unpaired) electrons. The van der Waals surface area contributed by atoms with E-state index in [0.717, 1.165) is 11.1 Å². The van der Waals surface area contributed by atoms with Crippen LogP contribution in [0.2, 0.25) is 0 Å². The highest BCUT2D eigenvalue weighted by Gasteiger charge is 2.27. The summed E-state index contributed by atoms with van der Waals surface area (Å²) in [5.41, 5.74) is 1.69. The maximum atomic E-state index is 12.1. The van der Waals surface area contributed by atoms with Crippen LogP contribution >= 0.6 is 0 Å². The number of carbonyl (C=O) groups excluding carboxylic acids is 1. The Hall–Kier alpha value is -2.62. The molecule has 120 valence electrons. The molecule has 0 aliphatic rings. The fourth-order valence-corrected chi connectivity index (χ4v) is 2.24. The molecular weight excluding hydrogens is 290 g/mol. The largest absolute Gasteiger partial charge is 0.481 e. The molecular formula is C19H21NO3. The number of benzene rings is 2. The maximum Gasteiger partial charge on any atom is 0.309 e. The Morgan fingerprint density at radius 1 is 0.957 bits per heavy atom. The van der Waals surface area contributed by atoms with Gasteiger partial charge in [0.15, 0.2) is 0 Å². The number of amides is 1. The predicted octanol–water partition coefficient (Wildman–Crippen LogP) is 3.27. The Kier molecular flexibility index (Phi) is 5.16. The first-order valence-corrected chi connectivity index (χ1v) is 7.53. The zero-order valence-electron chi connectivity index (χ0n) is 13.4. The number of hydrogen-bond donors (Lipinski definition) is 2. The van der Waals surface area contributed by atoms with Crippen molar-refractivity contribution < 1.29 is 14.7 Å². The third kappa shape index (κ3) is 4.68. The molecule has 23 heavy (non-hydrogen) atoms. The molecule has 0 unspecified atom stereocenters. The Morgan fingerprint density at radius 3 is 2.13 bits per heavy atom. The normalized spacial score (nSPS) is 11.0. The van der Waals surface area contributed by atoms with Crippen molar-refractivity contribution in [2.45, 2.75) is 26.8 Å². The first-order chi connectivity index (χ1) is 10.9. The van der Waals surface area contributed by atoms with Crippen molar-refractivity contribution in [2.75, 3.05) is 0 Å². The standard InChI is InChI=1S/C19H21NO3/c1-19(2,18(22)23)12-14-8-10-16(11-9-14)17(21)20-13-15-6-4-3-5-7-15/h3-11H,12-13H2,1-2H3,(H,20,21)(H,22,23).